The summed E-state index contributed by atoms with van der Waals surface area (Å²) in [5.74, 6) is -0.0869. The van der Waals surface area contributed by atoms with Crippen LogP contribution in [0.25, 0.3) is 21.9 Å². The fraction of sp³-hybridized carbons (Fsp3) is 0. The second-order valence-corrected chi connectivity index (χ2v) is 3.55. The summed E-state index contributed by atoms with van der Waals surface area (Å²) in [4.78, 5) is 0. The first-order chi connectivity index (χ1) is 7.81. The van der Waals surface area contributed by atoms with Gasteiger partial charge < -0.3 is 9.52 Å². The van der Waals surface area contributed by atoms with Crippen molar-refractivity contribution in [2.75, 3.05) is 0 Å². The molecule has 3 nitrogen and oxygen atoms in total. The Kier molecular flexibility index (Phi) is 1.66. The Hall–Kier alpha value is -2.47. The van der Waals surface area contributed by atoms with Crippen molar-refractivity contribution < 1.29 is 9.52 Å². The molecule has 0 unspecified atom stereocenters. The average molecular weight is 209 g/mol. The van der Waals surface area contributed by atoms with E-state index in [0.717, 1.165) is 10.8 Å². The zero-order valence-electron chi connectivity index (χ0n) is 8.27. The molecule has 0 fully saturated rings. The molecule has 0 radical (unpaired) electrons. The first-order valence-corrected chi connectivity index (χ1v) is 4.84. The van der Waals surface area contributed by atoms with Gasteiger partial charge in [0.25, 0.3) is 0 Å². The Bertz CT molecular complexity index is 735. The van der Waals surface area contributed by atoms with Gasteiger partial charge in [-0.15, -0.1) is 0 Å². The van der Waals surface area contributed by atoms with Crippen LogP contribution in [0.15, 0.2) is 40.8 Å². The number of hydrogen-bond acceptors (Lipinski definition) is 3. The van der Waals surface area contributed by atoms with Gasteiger partial charge >= 0.3 is 0 Å². The highest BCUT2D eigenvalue weighted by Gasteiger charge is 2.12. The lowest BCUT2D eigenvalue weighted by molar-refractivity contribution is 0.467. The molecule has 1 aromatic heterocycles. The predicted molar refractivity (Wildman–Crippen MR) is 60.1 cm³/mol. The summed E-state index contributed by atoms with van der Waals surface area (Å²) >= 11 is 0. The highest BCUT2D eigenvalue weighted by Crippen LogP contribution is 2.35. The Labute approximate surface area is 91.1 Å². The number of nitrogens with zero attached hydrogens (tertiary/aromatic N) is 1. The molecule has 3 aromatic rings. The molecule has 16 heavy (non-hydrogen) atoms. The lowest BCUT2D eigenvalue weighted by Gasteiger charge is -1.95. The van der Waals surface area contributed by atoms with Crippen LogP contribution in [0.1, 0.15) is 5.56 Å². The van der Waals surface area contributed by atoms with Crippen LogP contribution in [0.3, 0.4) is 0 Å². The second kappa shape index (κ2) is 3.01. The fourth-order valence-corrected chi connectivity index (χ4v) is 1.86. The molecular weight excluding hydrogens is 202 g/mol. The molecule has 76 valence electrons. The molecule has 0 atom stereocenters. The molecule has 3 rings (SSSR count). The number of fused-ring (bicyclic) bond motifs is 3. The molecule has 0 saturated heterocycles. The number of para-hydroxylation sites is 1. The van der Waals surface area contributed by atoms with Crippen LogP contribution in [0.2, 0.25) is 0 Å². The molecule has 2 aromatic carbocycles. The number of aromatic hydroxyl groups is 1. The van der Waals surface area contributed by atoms with Gasteiger partial charge in [0.1, 0.15) is 11.7 Å². The van der Waals surface area contributed by atoms with Crippen LogP contribution in [-0.4, -0.2) is 5.11 Å². The second-order valence-electron chi connectivity index (χ2n) is 3.55. The van der Waals surface area contributed by atoms with Gasteiger partial charge in [-0.25, -0.2) is 0 Å². The van der Waals surface area contributed by atoms with Crippen LogP contribution < -0.4 is 0 Å². The number of benzene rings is 2. The van der Waals surface area contributed by atoms with Gasteiger partial charge in [-0.05, 0) is 18.2 Å². The molecule has 0 aliphatic rings. The van der Waals surface area contributed by atoms with Crippen molar-refractivity contribution in [3.63, 3.8) is 0 Å². The third-order valence-corrected chi connectivity index (χ3v) is 2.64. The zero-order valence-corrected chi connectivity index (χ0v) is 8.27. The lowest BCUT2D eigenvalue weighted by atomic mass is 10.1. The van der Waals surface area contributed by atoms with Gasteiger partial charge in [-0.1, -0.05) is 18.2 Å². The molecule has 0 aliphatic heterocycles. The maximum absolute atomic E-state index is 9.83. The van der Waals surface area contributed by atoms with Gasteiger partial charge in [0.2, 0.25) is 0 Å². The smallest absolute Gasteiger partial charge is 0.178 e. The van der Waals surface area contributed by atoms with E-state index in [0.29, 0.717) is 11.2 Å². The normalized spacial score (nSPS) is 10.7. The average Bonchev–Trinajstić information content (AvgIpc) is 2.69. The van der Waals surface area contributed by atoms with E-state index in [1.807, 2.05) is 30.3 Å². The summed E-state index contributed by atoms with van der Waals surface area (Å²) in [6, 6.07) is 12.8. The summed E-state index contributed by atoms with van der Waals surface area (Å²) in [5, 5.41) is 20.4. The molecule has 1 heterocycles. The number of nitriles is 1. The summed E-state index contributed by atoms with van der Waals surface area (Å²) in [7, 11) is 0. The van der Waals surface area contributed by atoms with E-state index in [2.05, 4.69) is 0 Å². The quantitative estimate of drug-likeness (QED) is 0.618. The van der Waals surface area contributed by atoms with Crippen LogP contribution >= 0.6 is 0 Å². The van der Waals surface area contributed by atoms with E-state index in [1.54, 1.807) is 12.1 Å². The first-order valence-electron chi connectivity index (χ1n) is 4.84. The molecule has 0 bridgehead atoms. The van der Waals surface area contributed by atoms with Crippen molar-refractivity contribution in [3.05, 3.63) is 42.0 Å². The van der Waals surface area contributed by atoms with Gasteiger partial charge in [0, 0.05) is 10.8 Å². The summed E-state index contributed by atoms with van der Waals surface area (Å²) in [6.07, 6.45) is 0. The number of rotatable bonds is 0. The van der Waals surface area contributed by atoms with Crippen LogP contribution in [0.5, 0.6) is 5.75 Å². The number of phenolic OH excluding ortho intramolecular Hbond substituents is 1. The van der Waals surface area contributed by atoms with Crippen LogP contribution in [0, 0.1) is 11.3 Å². The minimum Gasteiger partial charge on any atom is -0.503 e. The summed E-state index contributed by atoms with van der Waals surface area (Å²) in [6.45, 7) is 0. The molecule has 3 heteroatoms. The third kappa shape index (κ3) is 1.01. The topological polar surface area (TPSA) is 57.2 Å². The number of hydrogen-bond donors (Lipinski definition) is 1. The Morgan fingerprint density at radius 2 is 1.88 bits per heavy atom. The van der Waals surface area contributed by atoms with E-state index in [4.69, 9.17) is 9.68 Å². The zero-order chi connectivity index (χ0) is 11.1. The highest BCUT2D eigenvalue weighted by atomic mass is 16.4. The van der Waals surface area contributed by atoms with E-state index < -0.39 is 0 Å². The lowest BCUT2D eigenvalue weighted by Crippen LogP contribution is -1.75. The Balaban J connectivity index is 2.56. The van der Waals surface area contributed by atoms with Crippen molar-refractivity contribution in [2.24, 2.45) is 0 Å². The van der Waals surface area contributed by atoms with Gasteiger partial charge in [-0.2, -0.15) is 5.26 Å². The minimum absolute atomic E-state index is 0.0869. The molecule has 0 saturated carbocycles. The first kappa shape index (κ1) is 8.81. The van der Waals surface area contributed by atoms with E-state index in [1.165, 1.54) is 0 Å². The minimum atomic E-state index is -0.0869. The Morgan fingerprint density at radius 3 is 2.69 bits per heavy atom. The van der Waals surface area contributed by atoms with Crippen molar-refractivity contribution >= 4 is 21.9 Å². The van der Waals surface area contributed by atoms with E-state index >= 15 is 0 Å². The molecular formula is C13H7NO2. The standard InChI is InChI=1S/C13H7NO2/c14-7-8-5-6-10-9-3-1-2-4-11(9)16-13(10)12(8)15/h1-6,15H. The van der Waals surface area contributed by atoms with Crippen molar-refractivity contribution in [1.29, 1.82) is 5.26 Å². The van der Waals surface area contributed by atoms with Gasteiger partial charge in [0.05, 0.1) is 5.56 Å². The van der Waals surface area contributed by atoms with Crippen molar-refractivity contribution in [2.45, 2.75) is 0 Å². The predicted octanol–water partition coefficient (Wildman–Crippen LogP) is 3.16. The maximum Gasteiger partial charge on any atom is 0.178 e. The number of phenols is 1. The SMILES string of the molecule is N#Cc1ccc2c(oc3ccccc32)c1O. The monoisotopic (exact) mass is 209 g/mol. The van der Waals surface area contributed by atoms with Gasteiger partial charge in [0.15, 0.2) is 11.3 Å². The largest absolute Gasteiger partial charge is 0.503 e. The van der Waals surface area contributed by atoms with Gasteiger partial charge in [-0.3, -0.25) is 0 Å². The fourth-order valence-electron chi connectivity index (χ4n) is 1.86. The molecule has 1 N–H and O–H groups in total. The maximum atomic E-state index is 9.83. The van der Waals surface area contributed by atoms with E-state index in [-0.39, 0.29) is 11.3 Å². The molecule has 0 amide bonds. The Morgan fingerprint density at radius 1 is 1.06 bits per heavy atom. The third-order valence-electron chi connectivity index (χ3n) is 2.64. The van der Waals surface area contributed by atoms with Crippen LogP contribution in [-0.2, 0) is 0 Å². The summed E-state index contributed by atoms with van der Waals surface area (Å²) < 4.78 is 5.52. The van der Waals surface area contributed by atoms with Crippen molar-refractivity contribution in [3.8, 4) is 11.8 Å². The molecule has 0 spiro atoms. The van der Waals surface area contributed by atoms with E-state index in [9.17, 15) is 5.11 Å². The number of furan rings is 1. The molecule has 0 aliphatic carbocycles. The van der Waals surface area contributed by atoms with Crippen LogP contribution in [0.4, 0.5) is 0 Å². The summed E-state index contributed by atoms with van der Waals surface area (Å²) in [5.41, 5.74) is 1.31. The van der Waals surface area contributed by atoms with Crippen molar-refractivity contribution in [1.82, 2.24) is 0 Å². The highest BCUT2D eigenvalue weighted by molar-refractivity contribution is 6.07.